The molecule has 2 bridgehead atoms. The first-order chi connectivity index (χ1) is 26.5. The molecule has 0 spiro atoms. The van der Waals surface area contributed by atoms with Crippen molar-refractivity contribution in [1.29, 1.82) is 0 Å². The maximum atomic E-state index is 14.0. The van der Waals surface area contributed by atoms with Gasteiger partial charge in [0.25, 0.3) is 0 Å². The van der Waals surface area contributed by atoms with Gasteiger partial charge in [0, 0.05) is 31.3 Å². The lowest BCUT2D eigenvalue weighted by atomic mass is 9.86. The Labute approximate surface area is 328 Å². The summed E-state index contributed by atoms with van der Waals surface area (Å²) in [6, 6.07) is 19.6. The van der Waals surface area contributed by atoms with E-state index in [4.69, 9.17) is 42.1 Å². The van der Waals surface area contributed by atoms with Crippen molar-refractivity contribution in [3.8, 4) is 11.5 Å². The molecule has 3 atom stereocenters. The summed E-state index contributed by atoms with van der Waals surface area (Å²) in [4.78, 5) is 32.1. The van der Waals surface area contributed by atoms with Crippen LogP contribution in [0.25, 0.3) is 0 Å². The normalized spacial score (nSPS) is 20.1. The minimum atomic E-state index is -3.09. The molecule has 1 aromatic heterocycles. The molecule has 4 heterocycles. The highest BCUT2D eigenvalue weighted by atomic mass is 35.5. The van der Waals surface area contributed by atoms with Crippen LogP contribution in [-0.2, 0) is 20.7 Å². The van der Waals surface area contributed by atoms with E-state index in [-0.39, 0.29) is 45.6 Å². The van der Waals surface area contributed by atoms with Crippen molar-refractivity contribution in [1.82, 2.24) is 4.90 Å². The van der Waals surface area contributed by atoms with Gasteiger partial charge in [-0.15, -0.1) is 0 Å². The standard InChI is InChI=1S/C41H41Cl2F2N3O7/c1-46(38(27-6-3-2-4-7-27)40(50)54-37-23-47-16-14-26(37)15-17-47)30-9-5-8-29(18-30)39(49)53-35(20-31-32(42)21-48(51)22-33(31)43)28-12-13-34(55-41(44)45)36(19-28)52-24-25-10-11-25/h2-9,12-13,18-19,21-22,25-26,35,37-38,41H,10-11,14-17,20,23-24H2,1H3/t35-,37-,38?/m0/s1. The lowest BCUT2D eigenvalue weighted by Crippen LogP contribution is -2.52. The number of fused-ring (bicyclic) bond motifs is 3. The number of hydrogen-bond donors (Lipinski definition) is 0. The Morgan fingerprint density at radius 1 is 0.927 bits per heavy atom. The summed E-state index contributed by atoms with van der Waals surface area (Å²) in [5, 5.41) is 12.1. The number of alkyl halides is 2. The summed E-state index contributed by atoms with van der Waals surface area (Å²) >= 11 is 12.9. The largest absolute Gasteiger partial charge is 0.619 e. The molecule has 1 saturated carbocycles. The average Bonchev–Trinajstić information content (AvgIpc) is 4.01. The highest BCUT2D eigenvalue weighted by Crippen LogP contribution is 2.39. The Morgan fingerprint density at radius 3 is 2.31 bits per heavy atom. The topological polar surface area (TPSA) is 104 Å². The summed E-state index contributed by atoms with van der Waals surface area (Å²) < 4.78 is 50.1. The maximum Gasteiger partial charge on any atom is 0.387 e. The molecule has 0 amide bonds. The molecule has 55 heavy (non-hydrogen) atoms. The molecule has 0 N–H and O–H groups in total. The quantitative estimate of drug-likeness (QED) is 0.0673. The first-order valence-electron chi connectivity index (χ1n) is 18.3. The predicted octanol–water partition coefficient (Wildman–Crippen LogP) is 7.97. The van der Waals surface area contributed by atoms with E-state index in [1.165, 1.54) is 18.2 Å². The SMILES string of the molecule is CN(c1cccc(C(=O)O[C@@H](Cc2c(Cl)c[n+]([O-])cc2Cl)c2ccc(OC(F)F)c(OCC3CC3)c2)c1)C(C(=O)O[C@H]1CN2CCC1CC2)c1ccccc1. The molecule has 4 aliphatic rings. The van der Waals surface area contributed by atoms with Gasteiger partial charge in [0.15, 0.2) is 29.9 Å². The third-order valence-electron chi connectivity index (χ3n) is 10.5. The van der Waals surface area contributed by atoms with Crippen molar-refractivity contribution in [2.75, 3.05) is 38.2 Å². The molecule has 3 saturated heterocycles. The van der Waals surface area contributed by atoms with Crippen LogP contribution >= 0.6 is 23.2 Å². The lowest BCUT2D eigenvalue weighted by Gasteiger charge is -2.44. The van der Waals surface area contributed by atoms with Gasteiger partial charge in [-0.05, 0) is 92.1 Å². The van der Waals surface area contributed by atoms with Gasteiger partial charge >= 0.3 is 18.6 Å². The number of hydrogen-bond acceptors (Lipinski definition) is 9. The van der Waals surface area contributed by atoms with Gasteiger partial charge in [0.2, 0.25) is 0 Å². The second kappa shape index (κ2) is 17.0. The molecule has 10 nitrogen and oxygen atoms in total. The fraction of sp³-hybridized carbons (Fsp3) is 0.390. The number of benzene rings is 3. The number of anilines is 1. The van der Waals surface area contributed by atoms with Crippen molar-refractivity contribution in [3.63, 3.8) is 0 Å². The summed E-state index contributed by atoms with van der Waals surface area (Å²) in [5.41, 5.74) is 2.20. The number of pyridine rings is 1. The fourth-order valence-electron chi connectivity index (χ4n) is 7.27. The first-order valence-corrected chi connectivity index (χ1v) is 19.1. The van der Waals surface area contributed by atoms with Gasteiger partial charge in [0.05, 0.1) is 12.2 Å². The number of esters is 2. The van der Waals surface area contributed by atoms with Gasteiger partial charge in [-0.3, -0.25) is 4.90 Å². The zero-order chi connectivity index (χ0) is 38.6. The second-order valence-electron chi connectivity index (χ2n) is 14.3. The van der Waals surface area contributed by atoms with Crippen LogP contribution in [0, 0.1) is 17.0 Å². The van der Waals surface area contributed by atoms with Crippen LogP contribution in [0.1, 0.15) is 64.9 Å². The second-order valence-corrected chi connectivity index (χ2v) is 15.1. The Bertz CT molecular complexity index is 1970. The van der Waals surface area contributed by atoms with Crippen LogP contribution in [0.15, 0.2) is 85.2 Å². The van der Waals surface area contributed by atoms with Gasteiger partial charge in [0.1, 0.15) is 22.3 Å². The minimum absolute atomic E-state index is 0.0483. The molecular weight excluding hydrogens is 755 g/mol. The van der Waals surface area contributed by atoms with E-state index in [1.54, 1.807) is 36.2 Å². The Hall–Kier alpha value is -4.65. The molecule has 1 aliphatic carbocycles. The first kappa shape index (κ1) is 38.6. The van der Waals surface area contributed by atoms with Crippen molar-refractivity contribution in [3.05, 3.63) is 123 Å². The van der Waals surface area contributed by atoms with Crippen LogP contribution < -0.4 is 19.1 Å². The third-order valence-corrected chi connectivity index (χ3v) is 11.2. The zero-order valence-electron chi connectivity index (χ0n) is 30.1. The molecule has 14 heteroatoms. The number of aromatic nitrogens is 1. The summed E-state index contributed by atoms with van der Waals surface area (Å²) in [6.45, 7) is -0.0210. The number of carbonyl (C=O) groups is 2. The number of rotatable bonds is 15. The van der Waals surface area contributed by atoms with Gasteiger partial charge < -0.3 is 29.1 Å². The molecule has 3 aromatic carbocycles. The van der Waals surface area contributed by atoms with Crippen LogP contribution in [-0.4, -0.2) is 62.8 Å². The van der Waals surface area contributed by atoms with Crippen molar-refractivity contribution in [2.24, 2.45) is 11.8 Å². The van der Waals surface area contributed by atoms with E-state index in [0.717, 1.165) is 63.3 Å². The highest BCUT2D eigenvalue weighted by Gasteiger charge is 2.39. The number of likely N-dealkylation sites (N-methyl/N-ethyl adjacent to an activating group) is 1. The van der Waals surface area contributed by atoms with Crippen LogP contribution in [0.2, 0.25) is 10.0 Å². The van der Waals surface area contributed by atoms with E-state index >= 15 is 0 Å². The third kappa shape index (κ3) is 9.42. The minimum Gasteiger partial charge on any atom is -0.619 e. The Morgan fingerprint density at radius 2 is 1.65 bits per heavy atom. The number of halogens is 4. The number of nitrogens with zero attached hydrogens (tertiary/aromatic N) is 3. The maximum absolute atomic E-state index is 14.0. The van der Waals surface area contributed by atoms with E-state index in [0.29, 0.717) is 40.0 Å². The average molecular weight is 797 g/mol. The monoisotopic (exact) mass is 795 g/mol. The molecule has 8 rings (SSSR count). The summed E-state index contributed by atoms with van der Waals surface area (Å²) in [5.74, 6) is -0.557. The molecular formula is C41H41Cl2F2N3O7. The van der Waals surface area contributed by atoms with Crippen LogP contribution in [0.5, 0.6) is 11.5 Å². The Balaban J connectivity index is 1.16. The van der Waals surface area contributed by atoms with Crippen LogP contribution in [0.3, 0.4) is 0 Å². The van der Waals surface area contributed by atoms with Crippen LogP contribution in [0.4, 0.5) is 14.5 Å². The Kier molecular flexibility index (Phi) is 11.9. The predicted molar refractivity (Wildman–Crippen MR) is 202 cm³/mol. The smallest absolute Gasteiger partial charge is 0.387 e. The summed E-state index contributed by atoms with van der Waals surface area (Å²) in [7, 11) is 1.77. The zero-order valence-corrected chi connectivity index (χ0v) is 31.6. The van der Waals surface area contributed by atoms with E-state index in [9.17, 15) is 23.6 Å². The molecule has 3 aliphatic heterocycles. The van der Waals surface area contributed by atoms with E-state index < -0.39 is 24.7 Å². The van der Waals surface area contributed by atoms with Gasteiger partial charge in [-0.25, -0.2) is 9.59 Å². The number of ether oxygens (including phenoxy) is 4. The fourth-order valence-corrected chi connectivity index (χ4v) is 7.87. The molecule has 0 radical (unpaired) electrons. The highest BCUT2D eigenvalue weighted by molar-refractivity contribution is 6.35. The summed E-state index contributed by atoms with van der Waals surface area (Å²) in [6.07, 6.45) is 4.89. The molecule has 4 fully saturated rings. The van der Waals surface area contributed by atoms with E-state index in [2.05, 4.69) is 4.90 Å². The molecule has 1 unspecified atom stereocenters. The molecule has 4 aromatic rings. The van der Waals surface area contributed by atoms with E-state index in [1.807, 2.05) is 30.3 Å². The molecule has 290 valence electrons. The van der Waals surface area contributed by atoms with Gasteiger partial charge in [-0.1, -0.05) is 65.7 Å². The number of carbonyl (C=O) groups excluding carboxylic acids is 2. The van der Waals surface area contributed by atoms with Crippen molar-refractivity contribution in [2.45, 2.75) is 57.0 Å². The number of piperidine rings is 3. The lowest BCUT2D eigenvalue weighted by molar-refractivity contribution is -0.605. The van der Waals surface area contributed by atoms with Gasteiger partial charge in [-0.2, -0.15) is 13.5 Å². The van der Waals surface area contributed by atoms with Crippen molar-refractivity contribution < 1.29 is 42.0 Å². The van der Waals surface area contributed by atoms with Crippen molar-refractivity contribution >= 4 is 40.8 Å².